The van der Waals surface area contributed by atoms with E-state index in [0.717, 1.165) is 109 Å². The second kappa shape index (κ2) is 27.0. The highest BCUT2D eigenvalue weighted by molar-refractivity contribution is 7.90. The molecule has 0 heterocycles. The third-order valence-electron chi connectivity index (χ3n) is 7.33. The maximum absolute atomic E-state index is 13.4. The van der Waals surface area contributed by atoms with E-state index in [4.69, 9.17) is 10.5 Å². The lowest BCUT2D eigenvalue weighted by atomic mass is 10.1. The Hall–Kier alpha value is -1.62. The van der Waals surface area contributed by atoms with Crippen LogP contribution in [-0.4, -0.2) is 31.1 Å². The van der Waals surface area contributed by atoms with E-state index in [1.165, 1.54) is 25.7 Å². The molecule has 0 bridgehead atoms. The molecule has 0 rings (SSSR count). The summed E-state index contributed by atoms with van der Waals surface area (Å²) in [5.41, 5.74) is 0. The van der Waals surface area contributed by atoms with Gasteiger partial charge in [0.25, 0.3) is 0 Å². The molecule has 6 nitrogen and oxygen atoms in total. The van der Waals surface area contributed by atoms with Crippen molar-refractivity contribution in [3.8, 4) is 18.2 Å². The first kappa shape index (κ1) is 36.4. The first-order valence-electron chi connectivity index (χ1n) is 15.7. The molecule has 0 aromatic carbocycles. The maximum Gasteiger partial charge on any atom is 0.230 e. The van der Waals surface area contributed by atoms with Gasteiger partial charge in [-0.15, -0.1) is 0 Å². The fourth-order valence-corrected chi connectivity index (χ4v) is 6.59. The van der Waals surface area contributed by atoms with E-state index in [9.17, 15) is 13.7 Å². The lowest BCUT2D eigenvalue weighted by Crippen LogP contribution is -2.39. The molecule has 0 aromatic rings. The Kier molecular flexibility index (Phi) is 25.8. The first-order valence-corrected chi connectivity index (χ1v) is 17.2. The van der Waals surface area contributed by atoms with Gasteiger partial charge in [0.15, 0.2) is 5.25 Å². The van der Waals surface area contributed by atoms with E-state index in [1.807, 2.05) is 0 Å². The SMILES string of the molecule is CCCCCCCC(C#N)S(=O)(=O)N(CCCCCCCCCCC#N)CCCCCCCCCCC#N. The molecule has 0 aliphatic carbocycles. The molecule has 0 N–H and O–H groups in total. The third-order valence-corrected chi connectivity index (χ3v) is 9.47. The summed E-state index contributed by atoms with van der Waals surface area (Å²) >= 11 is 0. The minimum Gasteiger partial charge on any atom is -0.211 e. The molecule has 7 heteroatoms. The first-order chi connectivity index (χ1) is 18.5. The van der Waals surface area contributed by atoms with E-state index in [2.05, 4.69) is 25.1 Å². The van der Waals surface area contributed by atoms with Gasteiger partial charge in [-0.05, 0) is 32.1 Å². The predicted octanol–water partition coefficient (Wildman–Crippen LogP) is 8.94. The largest absolute Gasteiger partial charge is 0.230 e. The van der Waals surface area contributed by atoms with Crippen LogP contribution in [0.1, 0.15) is 161 Å². The van der Waals surface area contributed by atoms with Crippen molar-refractivity contribution in [1.29, 1.82) is 15.8 Å². The van der Waals surface area contributed by atoms with Crippen LogP contribution in [0.15, 0.2) is 0 Å². The van der Waals surface area contributed by atoms with Gasteiger partial charge in [0.2, 0.25) is 10.0 Å². The van der Waals surface area contributed by atoms with Crippen molar-refractivity contribution in [2.75, 3.05) is 13.1 Å². The molecule has 218 valence electrons. The smallest absolute Gasteiger partial charge is 0.211 e. The molecule has 1 unspecified atom stereocenters. The van der Waals surface area contributed by atoms with Crippen LogP contribution in [0.25, 0.3) is 0 Å². The van der Waals surface area contributed by atoms with Crippen LogP contribution in [0, 0.1) is 34.0 Å². The average molecular weight is 549 g/mol. The zero-order valence-electron chi connectivity index (χ0n) is 24.5. The minimum absolute atomic E-state index is 0.441. The summed E-state index contributed by atoms with van der Waals surface area (Å²) in [6.45, 7) is 3.21. The predicted molar refractivity (Wildman–Crippen MR) is 158 cm³/mol. The zero-order valence-corrected chi connectivity index (χ0v) is 25.3. The Balaban J connectivity index is 4.57. The van der Waals surface area contributed by atoms with Crippen LogP contribution in [0.2, 0.25) is 0 Å². The summed E-state index contributed by atoms with van der Waals surface area (Å²) in [6.07, 6.45) is 24.2. The Labute approximate surface area is 235 Å². The van der Waals surface area contributed by atoms with E-state index >= 15 is 0 Å². The van der Waals surface area contributed by atoms with Gasteiger partial charge in [0.1, 0.15) is 0 Å². The van der Waals surface area contributed by atoms with Crippen LogP contribution < -0.4 is 0 Å². The number of hydrogen-bond acceptors (Lipinski definition) is 5. The van der Waals surface area contributed by atoms with Crippen LogP contribution in [0.3, 0.4) is 0 Å². The van der Waals surface area contributed by atoms with Gasteiger partial charge in [-0.3, -0.25) is 0 Å². The lowest BCUT2D eigenvalue weighted by Gasteiger charge is -2.25. The standard InChI is InChI=1S/C31H56N4O2S/c1-2-3-4-15-20-25-31(30-34)38(36,37)35(28-23-18-13-9-5-7-11-16-21-26-32)29-24-19-14-10-6-8-12-17-22-27-33/h31H,2-25,28-29H2,1H3. The average Bonchev–Trinajstić information content (AvgIpc) is 2.91. The number of unbranched alkanes of at least 4 members (excludes halogenated alkanes) is 20. The van der Waals surface area contributed by atoms with Crippen molar-refractivity contribution >= 4 is 10.0 Å². The summed E-state index contributed by atoms with van der Waals surface area (Å²) in [5, 5.41) is 26.0. The van der Waals surface area contributed by atoms with E-state index in [1.54, 1.807) is 4.31 Å². The molecule has 0 amide bonds. The number of hydrogen-bond donors (Lipinski definition) is 0. The number of sulfonamides is 1. The summed E-state index contributed by atoms with van der Waals surface area (Å²) in [4.78, 5) is 0. The lowest BCUT2D eigenvalue weighted by molar-refractivity contribution is 0.378. The normalized spacial score (nSPS) is 12.2. The van der Waals surface area contributed by atoms with E-state index in [-0.39, 0.29) is 0 Å². The molecule has 0 aromatic heterocycles. The second-order valence-corrected chi connectivity index (χ2v) is 12.9. The molecule has 0 aliphatic heterocycles. The summed E-state index contributed by atoms with van der Waals surface area (Å²) < 4.78 is 28.5. The Morgan fingerprint density at radius 2 is 0.921 bits per heavy atom. The molecule has 0 saturated carbocycles. The van der Waals surface area contributed by atoms with Gasteiger partial charge >= 0.3 is 0 Å². The van der Waals surface area contributed by atoms with Gasteiger partial charge < -0.3 is 0 Å². The quantitative estimate of drug-likeness (QED) is 0.0906. The Morgan fingerprint density at radius 1 is 0.553 bits per heavy atom. The number of rotatable bonds is 28. The molecule has 0 fully saturated rings. The van der Waals surface area contributed by atoms with Crippen LogP contribution in [-0.2, 0) is 10.0 Å². The minimum atomic E-state index is -3.61. The maximum atomic E-state index is 13.4. The fraction of sp³-hybridized carbons (Fsp3) is 0.903. The van der Waals surface area contributed by atoms with Crippen molar-refractivity contribution in [2.45, 2.75) is 166 Å². The van der Waals surface area contributed by atoms with Crippen LogP contribution in [0.4, 0.5) is 0 Å². The Morgan fingerprint density at radius 3 is 1.32 bits per heavy atom. The molecule has 1 atom stereocenters. The van der Waals surface area contributed by atoms with Crippen LogP contribution >= 0.6 is 0 Å². The molecule has 0 saturated heterocycles. The topological polar surface area (TPSA) is 109 Å². The summed E-state index contributed by atoms with van der Waals surface area (Å²) in [5.74, 6) is 0. The fourth-order valence-electron chi connectivity index (χ4n) is 4.87. The number of nitriles is 3. The molecular formula is C31H56N4O2S. The van der Waals surface area contributed by atoms with Crippen LogP contribution in [0.5, 0.6) is 0 Å². The van der Waals surface area contributed by atoms with Gasteiger partial charge in [0.05, 0.1) is 18.2 Å². The third kappa shape index (κ3) is 20.4. The molecular weight excluding hydrogens is 492 g/mol. The zero-order chi connectivity index (χ0) is 28.2. The summed E-state index contributed by atoms with van der Waals surface area (Å²) in [7, 11) is -3.61. The highest BCUT2D eigenvalue weighted by Gasteiger charge is 2.31. The highest BCUT2D eigenvalue weighted by Crippen LogP contribution is 2.19. The molecule has 0 aliphatic rings. The monoisotopic (exact) mass is 548 g/mol. The molecule has 0 spiro atoms. The van der Waals surface area contributed by atoms with Gasteiger partial charge in [-0.2, -0.15) is 15.8 Å². The van der Waals surface area contributed by atoms with Crippen molar-refractivity contribution in [1.82, 2.24) is 4.31 Å². The van der Waals surface area contributed by atoms with Gasteiger partial charge in [-0.1, -0.05) is 116 Å². The van der Waals surface area contributed by atoms with Crippen molar-refractivity contribution in [3.05, 3.63) is 0 Å². The second-order valence-electron chi connectivity index (χ2n) is 10.7. The van der Waals surface area contributed by atoms with E-state index < -0.39 is 15.3 Å². The molecule has 0 radical (unpaired) electrons. The van der Waals surface area contributed by atoms with E-state index in [0.29, 0.717) is 32.4 Å². The number of nitrogens with zero attached hydrogens (tertiary/aromatic N) is 4. The highest BCUT2D eigenvalue weighted by atomic mass is 32.2. The van der Waals surface area contributed by atoms with Gasteiger partial charge in [-0.25, -0.2) is 12.7 Å². The molecule has 38 heavy (non-hydrogen) atoms. The van der Waals surface area contributed by atoms with Crippen molar-refractivity contribution in [3.63, 3.8) is 0 Å². The van der Waals surface area contributed by atoms with Crippen molar-refractivity contribution < 1.29 is 8.42 Å². The summed E-state index contributed by atoms with van der Waals surface area (Å²) in [6, 6.07) is 6.51. The Bertz CT molecular complexity index is 730. The van der Waals surface area contributed by atoms with Gasteiger partial charge in [0, 0.05) is 25.9 Å². The van der Waals surface area contributed by atoms with Crippen molar-refractivity contribution in [2.24, 2.45) is 0 Å².